The van der Waals surface area contributed by atoms with Crippen LogP contribution in [0.25, 0.3) is 0 Å². The smallest absolute Gasteiger partial charge is 0.409 e. The van der Waals surface area contributed by atoms with Gasteiger partial charge >= 0.3 is 6.09 Å². The Hall–Kier alpha value is -1.63. The van der Waals surface area contributed by atoms with Crippen LogP contribution in [0.5, 0.6) is 0 Å². The highest BCUT2D eigenvalue weighted by Gasteiger charge is 2.26. The van der Waals surface area contributed by atoms with Crippen LogP contribution < -0.4 is 0 Å². The lowest BCUT2D eigenvalue weighted by Crippen LogP contribution is -2.50. The quantitative estimate of drug-likeness (QED) is 0.815. The fourth-order valence-electron chi connectivity index (χ4n) is 2.14. The zero-order chi connectivity index (χ0) is 15.4. The number of benzene rings is 1. The van der Waals surface area contributed by atoms with Crippen molar-refractivity contribution in [2.45, 2.75) is 6.92 Å². The van der Waals surface area contributed by atoms with Crippen LogP contribution >= 0.6 is 15.9 Å². The van der Waals surface area contributed by atoms with Gasteiger partial charge in [-0.2, -0.15) is 0 Å². The van der Waals surface area contributed by atoms with Crippen molar-refractivity contribution in [2.75, 3.05) is 32.8 Å². The van der Waals surface area contributed by atoms with Crippen LogP contribution in [0.2, 0.25) is 0 Å². The van der Waals surface area contributed by atoms with Gasteiger partial charge in [-0.1, -0.05) is 15.9 Å². The monoisotopic (exact) mass is 358 g/mol. The molecule has 0 bridgehead atoms. The molecule has 1 aliphatic rings. The van der Waals surface area contributed by atoms with E-state index in [2.05, 4.69) is 15.9 Å². The molecule has 2 amide bonds. The van der Waals surface area contributed by atoms with Crippen molar-refractivity contribution in [2.24, 2.45) is 0 Å². The van der Waals surface area contributed by atoms with Crippen LogP contribution in [0.4, 0.5) is 9.18 Å². The van der Waals surface area contributed by atoms with E-state index in [1.54, 1.807) is 22.8 Å². The summed E-state index contributed by atoms with van der Waals surface area (Å²) in [4.78, 5) is 27.0. The zero-order valence-corrected chi connectivity index (χ0v) is 13.2. The van der Waals surface area contributed by atoms with Crippen LogP contribution in [0.15, 0.2) is 22.7 Å². The molecule has 1 saturated heterocycles. The lowest BCUT2D eigenvalue weighted by Gasteiger charge is -2.34. The minimum atomic E-state index is -0.545. The van der Waals surface area contributed by atoms with Gasteiger partial charge in [-0.15, -0.1) is 0 Å². The largest absolute Gasteiger partial charge is 0.450 e. The first kappa shape index (κ1) is 15.8. The van der Waals surface area contributed by atoms with E-state index >= 15 is 0 Å². The van der Waals surface area contributed by atoms with Crippen molar-refractivity contribution in [1.29, 1.82) is 0 Å². The molecule has 5 nitrogen and oxygen atoms in total. The number of carbonyl (C=O) groups is 2. The fraction of sp³-hybridized carbons (Fsp3) is 0.429. The Kier molecular flexibility index (Phi) is 5.17. The van der Waals surface area contributed by atoms with E-state index in [4.69, 9.17) is 4.74 Å². The number of rotatable bonds is 2. The standard InChI is InChI=1S/C14H16BrFN2O3/c1-2-21-14(20)18-7-5-17(6-8-18)13(19)11-9-10(15)3-4-12(11)16/h3-4,9H,2,5-8H2,1H3. The van der Waals surface area contributed by atoms with Crippen molar-refractivity contribution < 1.29 is 18.7 Å². The predicted octanol–water partition coefficient (Wildman–Crippen LogP) is 2.50. The van der Waals surface area contributed by atoms with E-state index in [1.165, 1.54) is 12.1 Å². The molecule has 0 aliphatic carbocycles. The molecule has 0 spiro atoms. The van der Waals surface area contributed by atoms with Crippen LogP contribution in [0.3, 0.4) is 0 Å². The predicted molar refractivity (Wildman–Crippen MR) is 78.6 cm³/mol. The number of ether oxygens (including phenoxy) is 1. The van der Waals surface area contributed by atoms with E-state index in [-0.39, 0.29) is 17.6 Å². The second kappa shape index (κ2) is 6.89. The molecule has 1 aromatic rings. The van der Waals surface area contributed by atoms with Gasteiger partial charge in [0, 0.05) is 30.7 Å². The van der Waals surface area contributed by atoms with Crippen LogP contribution in [0.1, 0.15) is 17.3 Å². The third-order valence-corrected chi connectivity index (χ3v) is 3.74. The van der Waals surface area contributed by atoms with Crippen LogP contribution in [-0.4, -0.2) is 54.6 Å². The number of carbonyl (C=O) groups excluding carboxylic acids is 2. The molecule has 1 aromatic carbocycles. The average Bonchev–Trinajstić information content (AvgIpc) is 2.49. The van der Waals surface area contributed by atoms with Gasteiger partial charge in [0.1, 0.15) is 5.82 Å². The van der Waals surface area contributed by atoms with Gasteiger partial charge in [0.15, 0.2) is 0 Å². The van der Waals surface area contributed by atoms with E-state index in [0.717, 1.165) is 0 Å². The maximum absolute atomic E-state index is 13.7. The highest BCUT2D eigenvalue weighted by Crippen LogP contribution is 2.18. The average molecular weight is 359 g/mol. The molecule has 0 aromatic heterocycles. The summed E-state index contributed by atoms with van der Waals surface area (Å²) in [5.74, 6) is -0.909. The minimum absolute atomic E-state index is 0.0361. The maximum atomic E-state index is 13.7. The Morgan fingerprint density at radius 3 is 2.48 bits per heavy atom. The first-order chi connectivity index (χ1) is 10.0. The number of halogens is 2. The molecule has 114 valence electrons. The topological polar surface area (TPSA) is 49.9 Å². The first-order valence-corrected chi connectivity index (χ1v) is 7.48. The fourth-order valence-corrected chi connectivity index (χ4v) is 2.50. The van der Waals surface area contributed by atoms with Crippen molar-refractivity contribution in [3.05, 3.63) is 34.1 Å². The molecule has 1 aliphatic heterocycles. The summed E-state index contributed by atoms with van der Waals surface area (Å²) in [5, 5.41) is 0. The lowest BCUT2D eigenvalue weighted by molar-refractivity contribution is 0.0566. The summed E-state index contributed by atoms with van der Waals surface area (Å²) in [5.41, 5.74) is 0.0361. The Morgan fingerprint density at radius 1 is 1.24 bits per heavy atom. The maximum Gasteiger partial charge on any atom is 0.409 e. The highest BCUT2D eigenvalue weighted by molar-refractivity contribution is 9.10. The van der Waals surface area contributed by atoms with Gasteiger partial charge in [-0.3, -0.25) is 4.79 Å². The molecule has 0 radical (unpaired) electrons. The zero-order valence-electron chi connectivity index (χ0n) is 11.6. The van der Waals surface area contributed by atoms with Gasteiger partial charge in [0.25, 0.3) is 5.91 Å². The number of hydrogen-bond donors (Lipinski definition) is 0. The molecule has 0 saturated carbocycles. The van der Waals surface area contributed by atoms with Gasteiger partial charge in [0.2, 0.25) is 0 Å². The molecule has 1 fully saturated rings. The summed E-state index contributed by atoms with van der Waals surface area (Å²) in [6.45, 7) is 3.57. The molecular weight excluding hydrogens is 343 g/mol. The summed E-state index contributed by atoms with van der Waals surface area (Å²) in [7, 11) is 0. The Balaban J connectivity index is 2.00. The Bertz CT molecular complexity index is 545. The van der Waals surface area contributed by atoms with Crippen molar-refractivity contribution in [1.82, 2.24) is 9.80 Å². The van der Waals surface area contributed by atoms with E-state index in [9.17, 15) is 14.0 Å². The molecule has 0 N–H and O–H groups in total. The molecule has 1 heterocycles. The van der Waals surface area contributed by atoms with Gasteiger partial charge in [-0.05, 0) is 25.1 Å². The van der Waals surface area contributed by atoms with Gasteiger partial charge < -0.3 is 14.5 Å². The van der Waals surface area contributed by atoms with E-state index < -0.39 is 5.82 Å². The van der Waals surface area contributed by atoms with Gasteiger partial charge in [-0.25, -0.2) is 9.18 Å². The van der Waals surface area contributed by atoms with Crippen LogP contribution in [0, 0.1) is 5.82 Å². The molecule has 7 heteroatoms. The molecule has 0 unspecified atom stereocenters. The minimum Gasteiger partial charge on any atom is -0.450 e. The van der Waals surface area contributed by atoms with Crippen molar-refractivity contribution >= 4 is 27.9 Å². The third-order valence-electron chi connectivity index (χ3n) is 3.25. The van der Waals surface area contributed by atoms with Crippen molar-refractivity contribution in [3.63, 3.8) is 0 Å². The van der Waals surface area contributed by atoms with E-state index in [1.807, 2.05) is 0 Å². The highest BCUT2D eigenvalue weighted by atomic mass is 79.9. The number of piperazine rings is 1. The van der Waals surface area contributed by atoms with Gasteiger partial charge in [0.05, 0.1) is 12.2 Å². The molecular formula is C14H16BrFN2O3. The number of amides is 2. The summed E-state index contributed by atoms with van der Waals surface area (Å²) in [6.07, 6.45) is -0.377. The Morgan fingerprint density at radius 2 is 1.86 bits per heavy atom. The van der Waals surface area contributed by atoms with E-state index in [0.29, 0.717) is 37.3 Å². The van der Waals surface area contributed by atoms with Crippen molar-refractivity contribution in [3.8, 4) is 0 Å². The SMILES string of the molecule is CCOC(=O)N1CCN(C(=O)c2cc(Br)ccc2F)CC1. The molecule has 2 rings (SSSR count). The normalized spacial score (nSPS) is 15.0. The summed E-state index contributed by atoms with van der Waals surface area (Å²) in [6, 6.07) is 4.27. The molecule has 21 heavy (non-hydrogen) atoms. The Labute approximate surface area is 130 Å². The first-order valence-electron chi connectivity index (χ1n) is 6.69. The summed E-state index contributed by atoms with van der Waals surface area (Å²) < 4.78 is 19.3. The number of hydrogen-bond acceptors (Lipinski definition) is 3. The molecule has 0 atom stereocenters. The summed E-state index contributed by atoms with van der Waals surface area (Å²) >= 11 is 3.23. The number of nitrogens with zero attached hydrogens (tertiary/aromatic N) is 2. The second-order valence-corrected chi connectivity index (χ2v) is 5.52. The van der Waals surface area contributed by atoms with Crippen LogP contribution in [-0.2, 0) is 4.74 Å². The second-order valence-electron chi connectivity index (χ2n) is 4.60. The lowest BCUT2D eigenvalue weighted by atomic mass is 10.1. The third kappa shape index (κ3) is 3.72.